The molecule has 5 heteroatoms. The van der Waals surface area contributed by atoms with Crippen LogP contribution in [0, 0.1) is 0 Å². The molecular weight excluding hydrogens is 308 g/mol. The molecule has 0 bridgehead atoms. The number of halogens is 2. The highest BCUT2D eigenvalue weighted by Crippen LogP contribution is 2.22. The van der Waals surface area contributed by atoms with Gasteiger partial charge in [-0.25, -0.2) is 4.98 Å². The maximum absolute atomic E-state index is 5.85. The summed E-state index contributed by atoms with van der Waals surface area (Å²) < 4.78 is 1.12. The maximum Gasteiger partial charge on any atom is 0.131 e. The quantitative estimate of drug-likeness (QED) is 0.789. The van der Waals surface area contributed by atoms with Crippen molar-refractivity contribution in [2.75, 3.05) is 11.9 Å². The third-order valence-corrected chi connectivity index (χ3v) is 4.00. The van der Waals surface area contributed by atoms with Crippen LogP contribution in [0.3, 0.4) is 0 Å². The minimum Gasteiger partial charge on any atom is -0.354 e. The zero-order valence-electron chi connectivity index (χ0n) is 8.65. The Labute approximate surface area is 112 Å². The summed E-state index contributed by atoms with van der Waals surface area (Å²) in [5, 5.41) is 2.60. The normalized spacial score (nSPS) is 10.4. The molecule has 0 unspecified atom stereocenters. The van der Waals surface area contributed by atoms with Crippen molar-refractivity contribution in [2.45, 2.75) is 6.54 Å². The molecule has 16 heavy (non-hydrogen) atoms. The van der Waals surface area contributed by atoms with Crippen molar-refractivity contribution >= 4 is 44.7 Å². The van der Waals surface area contributed by atoms with Crippen LogP contribution in [0.2, 0.25) is 5.15 Å². The first-order valence-electron chi connectivity index (χ1n) is 4.72. The fourth-order valence-electron chi connectivity index (χ4n) is 1.36. The van der Waals surface area contributed by atoms with Crippen LogP contribution in [0.4, 0.5) is 5.82 Å². The van der Waals surface area contributed by atoms with Crippen LogP contribution in [-0.4, -0.2) is 12.0 Å². The van der Waals surface area contributed by atoms with Crippen LogP contribution in [0.5, 0.6) is 0 Å². The number of pyridine rings is 1. The van der Waals surface area contributed by atoms with Crippen LogP contribution >= 0.6 is 38.9 Å². The molecule has 0 aromatic carbocycles. The van der Waals surface area contributed by atoms with Gasteiger partial charge in [0.25, 0.3) is 0 Å². The van der Waals surface area contributed by atoms with E-state index in [9.17, 15) is 0 Å². The Bertz CT molecular complexity index is 486. The summed E-state index contributed by atoms with van der Waals surface area (Å²) in [5.41, 5.74) is 0. The molecule has 0 aliphatic carbocycles. The van der Waals surface area contributed by atoms with Crippen LogP contribution in [0.25, 0.3) is 0 Å². The molecule has 0 spiro atoms. The van der Waals surface area contributed by atoms with E-state index in [1.165, 1.54) is 4.88 Å². The molecule has 0 saturated carbocycles. The van der Waals surface area contributed by atoms with Crippen molar-refractivity contribution in [1.82, 2.24) is 4.98 Å². The van der Waals surface area contributed by atoms with Crippen LogP contribution in [-0.2, 0) is 6.54 Å². The van der Waals surface area contributed by atoms with Gasteiger partial charge in [-0.3, -0.25) is 0 Å². The smallest absolute Gasteiger partial charge is 0.131 e. The Morgan fingerprint density at radius 2 is 2.31 bits per heavy atom. The van der Waals surface area contributed by atoms with Gasteiger partial charge in [0.15, 0.2) is 0 Å². The van der Waals surface area contributed by atoms with Crippen molar-refractivity contribution in [2.24, 2.45) is 0 Å². The van der Waals surface area contributed by atoms with E-state index in [1.807, 2.05) is 19.2 Å². The molecule has 0 amide bonds. The average molecular weight is 318 g/mol. The summed E-state index contributed by atoms with van der Waals surface area (Å²) >= 11 is 11.0. The second kappa shape index (κ2) is 5.17. The van der Waals surface area contributed by atoms with Gasteiger partial charge in [0.05, 0.1) is 6.54 Å². The summed E-state index contributed by atoms with van der Waals surface area (Å²) in [6.07, 6.45) is 0. The van der Waals surface area contributed by atoms with Crippen molar-refractivity contribution in [3.05, 3.63) is 44.1 Å². The molecular formula is C11H10BrClN2S. The van der Waals surface area contributed by atoms with E-state index in [0.717, 1.165) is 16.8 Å². The molecule has 0 aliphatic heterocycles. The molecule has 0 fully saturated rings. The number of hydrogen-bond donors (Lipinski definition) is 0. The summed E-state index contributed by atoms with van der Waals surface area (Å²) in [5.74, 6) is 0.886. The van der Waals surface area contributed by atoms with Gasteiger partial charge in [-0.05, 0) is 34.1 Å². The minimum absolute atomic E-state index is 0.525. The molecule has 2 aromatic heterocycles. The molecule has 0 radical (unpaired) electrons. The molecule has 2 rings (SSSR count). The first kappa shape index (κ1) is 11.9. The lowest BCUT2D eigenvalue weighted by molar-refractivity contribution is 0.912. The Hall–Kier alpha value is -0.580. The second-order valence-corrected chi connectivity index (χ2v) is 5.70. The first-order valence-corrected chi connectivity index (χ1v) is 6.77. The van der Waals surface area contributed by atoms with E-state index in [2.05, 4.69) is 37.3 Å². The number of rotatable bonds is 3. The fourth-order valence-corrected chi connectivity index (χ4v) is 3.02. The SMILES string of the molecule is CN(Cc1cc(Br)cs1)c1cccc(Cl)n1. The first-order chi connectivity index (χ1) is 7.65. The van der Waals surface area contributed by atoms with E-state index >= 15 is 0 Å². The number of aromatic nitrogens is 1. The van der Waals surface area contributed by atoms with Gasteiger partial charge in [0, 0.05) is 21.8 Å². The summed E-state index contributed by atoms with van der Waals surface area (Å²) in [7, 11) is 2.01. The lowest BCUT2D eigenvalue weighted by atomic mass is 10.4. The van der Waals surface area contributed by atoms with Gasteiger partial charge in [0.2, 0.25) is 0 Å². The number of nitrogens with zero attached hydrogens (tertiary/aromatic N) is 2. The molecule has 84 valence electrons. The maximum atomic E-state index is 5.85. The van der Waals surface area contributed by atoms with Crippen LogP contribution < -0.4 is 4.90 Å². The Morgan fingerprint density at radius 1 is 1.50 bits per heavy atom. The van der Waals surface area contributed by atoms with Crippen molar-refractivity contribution in [3.8, 4) is 0 Å². The van der Waals surface area contributed by atoms with Crippen molar-refractivity contribution in [3.63, 3.8) is 0 Å². The minimum atomic E-state index is 0.525. The highest BCUT2D eigenvalue weighted by molar-refractivity contribution is 9.10. The van der Waals surface area contributed by atoms with E-state index in [1.54, 1.807) is 17.4 Å². The molecule has 2 nitrogen and oxygen atoms in total. The number of hydrogen-bond acceptors (Lipinski definition) is 3. The third kappa shape index (κ3) is 2.97. The zero-order chi connectivity index (χ0) is 11.5. The molecule has 0 atom stereocenters. The largest absolute Gasteiger partial charge is 0.354 e. The second-order valence-electron chi connectivity index (χ2n) is 3.41. The Balaban J connectivity index is 2.11. The van der Waals surface area contributed by atoms with E-state index in [4.69, 9.17) is 11.6 Å². The monoisotopic (exact) mass is 316 g/mol. The van der Waals surface area contributed by atoms with Crippen molar-refractivity contribution in [1.29, 1.82) is 0 Å². The predicted molar refractivity (Wildman–Crippen MR) is 73.4 cm³/mol. The molecule has 2 aromatic rings. The lowest BCUT2D eigenvalue weighted by Crippen LogP contribution is -2.16. The van der Waals surface area contributed by atoms with Gasteiger partial charge in [-0.2, -0.15) is 0 Å². The van der Waals surface area contributed by atoms with Gasteiger partial charge in [-0.15, -0.1) is 11.3 Å². The molecule has 0 aliphatic rings. The topological polar surface area (TPSA) is 16.1 Å². The van der Waals surface area contributed by atoms with Gasteiger partial charge >= 0.3 is 0 Å². The standard InChI is InChI=1S/C11H10BrClN2S/c1-15(6-9-5-8(12)7-16-9)11-4-2-3-10(13)14-11/h2-5,7H,6H2,1H3. The van der Waals surface area contributed by atoms with Gasteiger partial charge in [-0.1, -0.05) is 17.7 Å². The molecule has 0 saturated heterocycles. The van der Waals surface area contributed by atoms with E-state index < -0.39 is 0 Å². The predicted octanol–water partition coefficient (Wildman–Crippen LogP) is 4.20. The highest BCUT2D eigenvalue weighted by Gasteiger charge is 2.05. The highest BCUT2D eigenvalue weighted by atomic mass is 79.9. The average Bonchev–Trinajstić information content (AvgIpc) is 2.64. The van der Waals surface area contributed by atoms with Gasteiger partial charge in [0.1, 0.15) is 11.0 Å². The van der Waals surface area contributed by atoms with Crippen LogP contribution in [0.15, 0.2) is 34.1 Å². The summed E-state index contributed by atoms with van der Waals surface area (Å²) in [6, 6.07) is 7.76. The van der Waals surface area contributed by atoms with E-state index in [0.29, 0.717) is 5.15 Å². The molecule has 0 N–H and O–H groups in total. The van der Waals surface area contributed by atoms with Crippen LogP contribution in [0.1, 0.15) is 4.88 Å². The van der Waals surface area contributed by atoms with Gasteiger partial charge < -0.3 is 4.90 Å². The zero-order valence-corrected chi connectivity index (χ0v) is 11.8. The molecule has 2 heterocycles. The Kier molecular flexibility index (Phi) is 3.84. The third-order valence-electron chi connectivity index (χ3n) is 2.11. The van der Waals surface area contributed by atoms with E-state index in [-0.39, 0.29) is 0 Å². The fraction of sp³-hybridized carbons (Fsp3) is 0.182. The number of thiophene rings is 1. The Morgan fingerprint density at radius 3 is 2.94 bits per heavy atom. The summed E-state index contributed by atoms with van der Waals surface area (Å²) in [4.78, 5) is 7.62. The lowest BCUT2D eigenvalue weighted by Gasteiger charge is -2.16. The van der Waals surface area contributed by atoms with Crippen molar-refractivity contribution < 1.29 is 0 Å². The summed E-state index contributed by atoms with van der Waals surface area (Å²) in [6.45, 7) is 0.837. The number of anilines is 1.